The Labute approximate surface area is 116 Å². The number of fused-ring (bicyclic) bond motifs is 1. The molecule has 1 heterocycles. The Hall–Kier alpha value is -2.37. The van der Waals surface area contributed by atoms with Crippen LogP contribution in [0.1, 0.15) is 31.3 Å². The molecule has 0 unspecified atom stereocenters. The molecule has 0 radical (unpaired) electrons. The summed E-state index contributed by atoms with van der Waals surface area (Å²) in [5, 5.41) is 12.8. The normalized spacial score (nSPS) is 11.3. The molecule has 0 aliphatic carbocycles. The third-order valence-corrected chi connectivity index (χ3v) is 2.61. The molecule has 1 aromatic heterocycles. The van der Waals surface area contributed by atoms with E-state index in [-0.39, 0.29) is 23.9 Å². The van der Waals surface area contributed by atoms with Crippen molar-refractivity contribution in [1.82, 2.24) is 20.8 Å². The monoisotopic (exact) mass is 274 g/mol. The lowest BCUT2D eigenvalue weighted by atomic mass is 10.1. The van der Waals surface area contributed by atoms with Crippen molar-refractivity contribution in [2.24, 2.45) is 0 Å². The van der Waals surface area contributed by atoms with Gasteiger partial charge in [0.15, 0.2) is 5.69 Å². The van der Waals surface area contributed by atoms with Crippen LogP contribution in [-0.2, 0) is 4.79 Å². The first-order valence-corrected chi connectivity index (χ1v) is 6.39. The number of benzene rings is 1. The van der Waals surface area contributed by atoms with Crippen LogP contribution in [-0.4, -0.2) is 34.1 Å². The molecule has 2 aromatic rings. The third-order valence-electron chi connectivity index (χ3n) is 2.61. The molecular formula is C14H18N4O2. The topological polar surface area (TPSA) is 86.9 Å². The molecule has 0 aliphatic rings. The van der Waals surface area contributed by atoms with Crippen molar-refractivity contribution >= 4 is 22.7 Å². The van der Waals surface area contributed by atoms with Crippen LogP contribution in [0, 0.1) is 0 Å². The first-order valence-electron chi connectivity index (χ1n) is 6.39. The molecule has 3 N–H and O–H groups in total. The fourth-order valence-corrected chi connectivity index (χ4v) is 1.84. The van der Waals surface area contributed by atoms with Crippen LogP contribution < -0.4 is 10.6 Å². The lowest BCUT2D eigenvalue weighted by Crippen LogP contribution is -2.45. The number of carbonyl (C=O) groups excluding carboxylic acids is 2. The predicted octanol–water partition coefficient (Wildman–Crippen LogP) is 1.21. The fraction of sp³-hybridized carbons (Fsp3) is 0.357. The average molecular weight is 274 g/mol. The third kappa shape index (κ3) is 3.34. The van der Waals surface area contributed by atoms with Crippen LogP contribution in [0.4, 0.5) is 0 Å². The van der Waals surface area contributed by atoms with Crippen LogP contribution in [0.3, 0.4) is 0 Å². The van der Waals surface area contributed by atoms with Gasteiger partial charge in [-0.25, -0.2) is 0 Å². The van der Waals surface area contributed by atoms with Gasteiger partial charge in [0.25, 0.3) is 5.91 Å². The van der Waals surface area contributed by atoms with Crippen molar-refractivity contribution in [3.63, 3.8) is 0 Å². The molecule has 0 saturated heterocycles. The van der Waals surface area contributed by atoms with Crippen molar-refractivity contribution in [1.29, 1.82) is 0 Å². The number of aromatic amines is 1. The summed E-state index contributed by atoms with van der Waals surface area (Å²) in [6.07, 6.45) is 0. The number of nitrogens with one attached hydrogen (secondary N) is 3. The Bertz CT molecular complexity index is 640. The molecule has 0 spiro atoms. The SMILES string of the molecule is CC(C)(C)NC(=O)CNC(=O)c1n[nH]c2ccccc12. The summed E-state index contributed by atoms with van der Waals surface area (Å²) in [4.78, 5) is 23.7. The van der Waals surface area contributed by atoms with Crippen molar-refractivity contribution in [3.05, 3.63) is 30.0 Å². The summed E-state index contributed by atoms with van der Waals surface area (Å²) in [6, 6.07) is 7.34. The average Bonchev–Trinajstić information content (AvgIpc) is 2.78. The molecule has 106 valence electrons. The zero-order chi connectivity index (χ0) is 14.8. The summed E-state index contributed by atoms with van der Waals surface area (Å²) in [5.41, 5.74) is 0.766. The molecule has 1 aromatic carbocycles. The van der Waals surface area contributed by atoms with Gasteiger partial charge in [-0.1, -0.05) is 18.2 Å². The summed E-state index contributed by atoms with van der Waals surface area (Å²) >= 11 is 0. The summed E-state index contributed by atoms with van der Waals surface area (Å²) in [7, 11) is 0. The van der Waals surface area contributed by atoms with E-state index in [0.717, 1.165) is 10.9 Å². The highest BCUT2D eigenvalue weighted by Crippen LogP contribution is 2.14. The van der Waals surface area contributed by atoms with Crippen molar-refractivity contribution in [3.8, 4) is 0 Å². The summed E-state index contributed by atoms with van der Waals surface area (Å²) < 4.78 is 0. The van der Waals surface area contributed by atoms with Gasteiger partial charge < -0.3 is 10.6 Å². The molecule has 0 atom stereocenters. The Morgan fingerprint density at radius 3 is 2.65 bits per heavy atom. The van der Waals surface area contributed by atoms with Gasteiger partial charge in [-0.2, -0.15) is 5.10 Å². The molecule has 6 nitrogen and oxygen atoms in total. The highest BCUT2D eigenvalue weighted by atomic mass is 16.2. The number of hydrogen-bond acceptors (Lipinski definition) is 3. The predicted molar refractivity (Wildman–Crippen MR) is 76.3 cm³/mol. The molecule has 6 heteroatoms. The molecule has 0 bridgehead atoms. The largest absolute Gasteiger partial charge is 0.350 e. The van der Waals surface area contributed by atoms with Crippen LogP contribution in [0.2, 0.25) is 0 Å². The van der Waals surface area contributed by atoms with Crippen LogP contribution in [0.15, 0.2) is 24.3 Å². The van der Waals surface area contributed by atoms with E-state index in [1.54, 1.807) is 0 Å². The zero-order valence-electron chi connectivity index (χ0n) is 11.8. The number of carbonyl (C=O) groups is 2. The minimum atomic E-state index is -0.369. The molecular weight excluding hydrogens is 256 g/mol. The van der Waals surface area contributed by atoms with Gasteiger partial charge >= 0.3 is 0 Å². The van der Waals surface area contributed by atoms with Gasteiger partial charge in [-0.15, -0.1) is 0 Å². The zero-order valence-corrected chi connectivity index (χ0v) is 11.8. The molecule has 2 amide bonds. The van der Waals surface area contributed by atoms with Crippen LogP contribution in [0.5, 0.6) is 0 Å². The highest BCUT2D eigenvalue weighted by Gasteiger charge is 2.17. The molecule has 2 rings (SSSR count). The minimum absolute atomic E-state index is 0.0721. The lowest BCUT2D eigenvalue weighted by Gasteiger charge is -2.20. The summed E-state index contributed by atoms with van der Waals surface area (Å²) in [5.74, 6) is -0.600. The van der Waals surface area contributed by atoms with Crippen molar-refractivity contribution in [2.75, 3.05) is 6.54 Å². The smallest absolute Gasteiger partial charge is 0.272 e. The summed E-state index contributed by atoms with van der Waals surface area (Å²) in [6.45, 7) is 5.58. The highest BCUT2D eigenvalue weighted by molar-refractivity contribution is 6.05. The van der Waals surface area contributed by atoms with E-state index in [4.69, 9.17) is 0 Å². The first-order chi connectivity index (χ1) is 9.37. The fourth-order valence-electron chi connectivity index (χ4n) is 1.84. The number of nitrogens with zero attached hydrogens (tertiary/aromatic N) is 1. The number of para-hydroxylation sites is 1. The van der Waals surface area contributed by atoms with Gasteiger partial charge in [0.1, 0.15) is 0 Å². The second-order valence-electron chi connectivity index (χ2n) is 5.60. The Kier molecular flexibility index (Phi) is 3.74. The number of aromatic nitrogens is 2. The Balaban J connectivity index is 2.01. The molecule has 0 fully saturated rings. The number of amides is 2. The second kappa shape index (κ2) is 5.32. The quantitative estimate of drug-likeness (QED) is 0.786. The van der Waals surface area contributed by atoms with Gasteiger partial charge in [-0.3, -0.25) is 14.7 Å². The van der Waals surface area contributed by atoms with Gasteiger partial charge in [-0.05, 0) is 26.8 Å². The van der Waals surface area contributed by atoms with Crippen LogP contribution in [0.25, 0.3) is 10.9 Å². The standard InChI is InChI=1S/C14H18N4O2/c1-14(2,3)16-11(19)8-15-13(20)12-9-6-4-5-7-10(9)17-18-12/h4-7H,8H2,1-3H3,(H,15,20)(H,16,19)(H,17,18). The maximum absolute atomic E-state index is 12.0. The van der Waals surface area contributed by atoms with Crippen molar-refractivity contribution in [2.45, 2.75) is 26.3 Å². The minimum Gasteiger partial charge on any atom is -0.350 e. The van der Waals surface area contributed by atoms with E-state index in [2.05, 4.69) is 20.8 Å². The second-order valence-corrected chi connectivity index (χ2v) is 5.60. The Morgan fingerprint density at radius 2 is 1.95 bits per heavy atom. The van der Waals surface area contributed by atoms with Gasteiger partial charge in [0, 0.05) is 10.9 Å². The van der Waals surface area contributed by atoms with E-state index in [0.29, 0.717) is 5.69 Å². The maximum Gasteiger partial charge on any atom is 0.272 e. The van der Waals surface area contributed by atoms with E-state index in [1.165, 1.54) is 0 Å². The van der Waals surface area contributed by atoms with Gasteiger partial charge in [0.05, 0.1) is 12.1 Å². The van der Waals surface area contributed by atoms with Crippen molar-refractivity contribution < 1.29 is 9.59 Å². The van der Waals surface area contributed by atoms with E-state index in [9.17, 15) is 9.59 Å². The van der Waals surface area contributed by atoms with E-state index >= 15 is 0 Å². The van der Waals surface area contributed by atoms with Gasteiger partial charge in [0.2, 0.25) is 5.91 Å². The number of rotatable bonds is 3. The number of hydrogen-bond donors (Lipinski definition) is 3. The molecule has 0 aliphatic heterocycles. The maximum atomic E-state index is 12.0. The van der Waals surface area contributed by atoms with E-state index < -0.39 is 0 Å². The molecule has 20 heavy (non-hydrogen) atoms. The van der Waals surface area contributed by atoms with Crippen LogP contribution >= 0.6 is 0 Å². The number of H-pyrrole nitrogens is 1. The van der Waals surface area contributed by atoms with E-state index in [1.807, 2.05) is 45.0 Å². The first kappa shape index (κ1) is 14.0. The molecule has 0 saturated carbocycles. The lowest BCUT2D eigenvalue weighted by molar-refractivity contribution is -0.121. The Morgan fingerprint density at radius 1 is 1.25 bits per heavy atom.